The molecule has 2 rings (SSSR count). The van der Waals surface area contributed by atoms with Gasteiger partial charge in [-0.2, -0.15) is 0 Å². The Hall–Kier alpha value is -2.23. The number of amidine groups is 1. The molecule has 0 aliphatic carbocycles. The van der Waals surface area contributed by atoms with Crippen molar-refractivity contribution in [2.75, 3.05) is 19.5 Å². The third kappa shape index (κ3) is 2.47. The lowest BCUT2D eigenvalue weighted by Crippen LogP contribution is -2.70. The summed E-state index contributed by atoms with van der Waals surface area (Å²) in [6, 6.07) is 11.4. The predicted molar refractivity (Wildman–Crippen MR) is 66.3 cm³/mol. The van der Waals surface area contributed by atoms with Gasteiger partial charge in [-0.15, -0.1) is 0 Å². The van der Waals surface area contributed by atoms with Crippen molar-refractivity contribution in [2.45, 2.75) is 0 Å². The maximum atomic E-state index is 5.33. The lowest BCUT2D eigenvalue weighted by Gasteiger charge is -2.05. The number of furan rings is 1. The molecule has 0 saturated carbocycles. The van der Waals surface area contributed by atoms with Gasteiger partial charge in [-0.05, 0) is 24.3 Å². The van der Waals surface area contributed by atoms with Crippen LogP contribution >= 0.6 is 0 Å². The normalized spacial score (nSPS) is 11.3. The molecular weight excluding hydrogens is 216 g/mol. The topological polar surface area (TPSA) is 48.4 Å². The van der Waals surface area contributed by atoms with Crippen LogP contribution in [0.2, 0.25) is 0 Å². The van der Waals surface area contributed by atoms with Crippen molar-refractivity contribution in [3.8, 4) is 5.75 Å². The van der Waals surface area contributed by atoms with Crippen LogP contribution in [-0.4, -0.2) is 20.0 Å². The molecule has 0 aliphatic rings. The first-order valence-corrected chi connectivity index (χ1v) is 5.33. The highest BCUT2D eigenvalue weighted by molar-refractivity contribution is 6.03. The number of hydrogen-bond acceptors (Lipinski definition) is 2. The molecule has 0 fully saturated rings. The van der Waals surface area contributed by atoms with Crippen LogP contribution in [0.25, 0.3) is 0 Å². The SMILES string of the molecule is C[NH+]=C(Nc1ccccc1OC)c1ccco1. The molecule has 1 aromatic heterocycles. The molecule has 1 heterocycles. The zero-order valence-corrected chi connectivity index (χ0v) is 9.86. The second kappa shape index (κ2) is 5.21. The van der Waals surface area contributed by atoms with Crippen LogP contribution in [0.5, 0.6) is 5.75 Å². The molecule has 4 nitrogen and oxygen atoms in total. The van der Waals surface area contributed by atoms with Gasteiger partial charge in [0.25, 0.3) is 0 Å². The van der Waals surface area contributed by atoms with Crippen LogP contribution in [0, 0.1) is 0 Å². The van der Waals surface area contributed by atoms with Crippen molar-refractivity contribution in [3.63, 3.8) is 0 Å². The standard InChI is InChI=1S/C13H14N2O2/c1-14-13(12-8-5-9-17-12)15-10-6-3-4-7-11(10)16-2/h3-9H,1-2H3,(H,14,15)/p+1. The molecule has 0 spiro atoms. The number of methoxy groups -OCH3 is 1. The zero-order valence-electron chi connectivity index (χ0n) is 9.86. The van der Waals surface area contributed by atoms with E-state index in [1.807, 2.05) is 43.4 Å². The summed E-state index contributed by atoms with van der Waals surface area (Å²) in [5.41, 5.74) is 0.885. The van der Waals surface area contributed by atoms with E-state index < -0.39 is 0 Å². The van der Waals surface area contributed by atoms with Crippen molar-refractivity contribution < 1.29 is 14.1 Å². The highest BCUT2D eigenvalue weighted by Crippen LogP contribution is 2.23. The van der Waals surface area contributed by atoms with Gasteiger partial charge >= 0.3 is 5.84 Å². The van der Waals surface area contributed by atoms with Gasteiger partial charge in [-0.25, -0.2) is 5.32 Å². The van der Waals surface area contributed by atoms with Gasteiger partial charge in [0.05, 0.1) is 20.4 Å². The number of hydrogen-bond donors (Lipinski definition) is 2. The first-order valence-electron chi connectivity index (χ1n) is 5.33. The fraction of sp³-hybridized carbons (Fsp3) is 0.154. The predicted octanol–water partition coefficient (Wildman–Crippen LogP) is 0.857. The minimum absolute atomic E-state index is 0.749. The Labute approximate surface area is 99.9 Å². The lowest BCUT2D eigenvalue weighted by atomic mass is 10.3. The molecule has 4 heteroatoms. The minimum Gasteiger partial charge on any atom is -0.492 e. The maximum Gasteiger partial charge on any atom is 0.316 e. The van der Waals surface area contributed by atoms with Gasteiger partial charge in [-0.1, -0.05) is 12.1 Å². The molecule has 0 radical (unpaired) electrons. The fourth-order valence-corrected chi connectivity index (χ4v) is 1.55. The summed E-state index contributed by atoms with van der Waals surface area (Å²) >= 11 is 0. The number of nitrogens with one attached hydrogen (secondary N) is 2. The summed E-state index contributed by atoms with van der Waals surface area (Å²) in [5.74, 6) is 2.32. The fourth-order valence-electron chi connectivity index (χ4n) is 1.55. The molecule has 0 aliphatic heterocycles. The molecule has 0 saturated heterocycles. The molecule has 17 heavy (non-hydrogen) atoms. The first-order chi connectivity index (χ1) is 8.35. The molecule has 0 bridgehead atoms. The quantitative estimate of drug-likeness (QED) is 0.608. The molecule has 88 valence electrons. The second-order valence-electron chi connectivity index (χ2n) is 3.43. The average molecular weight is 231 g/mol. The number of rotatable bonds is 3. The number of para-hydroxylation sites is 2. The molecule has 2 N–H and O–H groups in total. The third-order valence-corrected chi connectivity index (χ3v) is 2.38. The Balaban J connectivity index is 2.25. The van der Waals surface area contributed by atoms with Crippen molar-refractivity contribution >= 4 is 11.5 Å². The van der Waals surface area contributed by atoms with E-state index in [4.69, 9.17) is 9.15 Å². The zero-order chi connectivity index (χ0) is 12.1. The largest absolute Gasteiger partial charge is 0.492 e. The van der Waals surface area contributed by atoms with Gasteiger partial charge < -0.3 is 9.15 Å². The minimum atomic E-state index is 0.749. The Morgan fingerprint density at radius 2 is 2.06 bits per heavy atom. The van der Waals surface area contributed by atoms with E-state index in [1.54, 1.807) is 13.4 Å². The smallest absolute Gasteiger partial charge is 0.316 e. The third-order valence-electron chi connectivity index (χ3n) is 2.38. The van der Waals surface area contributed by atoms with Crippen molar-refractivity contribution in [2.24, 2.45) is 0 Å². The molecule has 0 amide bonds. The van der Waals surface area contributed by atoms with Gasteiger partial charge in [-0.3, -0.25) is 4.99 Å². The van der Waals surface area contributed by atoms with E-state index in [-0.39, 0.29) is 0 Å². The Kier molecular flexibility index (Phi) is 3.45. The van der Waals surface area contributed by atoms with Gasteiger partial charge in [0, 0.05) is 0 Å². The van der Waals surface area contributed by atoms with E-state index in [9.17, 15) is 0 Å². The summed E-state index contributed by atoms with van der Waals surface area (Å²) in [6.07, 6.45) is 1.64. The van der Waals surface area contributed by atoms with Crippen LogP contribution in [0.4, 0.5) is 5.69 Å². The summed E-state index contributed by atoms with van der Waals surface area (Å²) in [4.78, 5) is 3.06. The van der Waals surface area contributed by atoms with Crippen LogP contribution in [0.15, 0.2) is 47.1 Å². The molecule has 1 aromatic carbocycles. The van der Waals surface area contributed by atoms with Crippen molar-refractivity contribution in [1.29, 1.82) is 0 Å². The van der Waals surface area contributed by atoms with Crippen LogP contribution < -0.4 is 15.0 Å². The lowest BCUT2D eigenvalue weighted by molar-refractivity contribution is -0.419. The van der Waals surface area contributed by atoms with E-state index in [1.165, 1.54) is 0 Å². The number of benzene rings is 1. The van der Waals surface area contributed by atoms with Gasteiger partial charge in [0.1, 0.15) is 0 Å². The van der Waals surface area contributed by atoms with Crippen LogP contribution in [-0.2, 0) is 0 Å². The molecule has 0 unspecified atom stereocenters. The molecular formula is C13H15N2O2+. The summed E-state index contributed by atoms with van der Waals surface area (Å²) in [7, 11) is 3.48. The number of ether oxygens (including phenoxy) is 1. The van der Waals surface area contributed by atoms with E-state index in [2.05, 4.69) is 10.3 Å². The van der Waals surface area contributed by atoms with E-state index in [0.717, 1.165) is 23.0 Å². The Morgan fingerprint density at radius 1 is 1.24 bits per heavy atom. The monoisotopic (exact) mass is 231 g/mol. The first kappa shape index (κ1) is 11.3. The average Bonchev–Trinajstić information content (AvgIpc) is 2.90. The van der Waals surface area contributed by atoms with Crippen molar-refractivity contribution in [1.82, 2.24) is 0 Å². The van der Waals surface area contributed by atoms with Gasteiger partial charge in [0.15, 0.2) is 11.4 Å². The summed E-state index contributed by atoms with van der Waals surface area (Å²) < 4.78 is 10.6. The molecule has 2 aromatic rings. The highest BCUT2D eigenvalue weighted by Gasteiger charge is 2.15. The summed E-state index contributed by atoms with van der Waals surface area (Å²) in [5, 5.41) is 3.24. The highest BCUT2D eigenvalue weighted by atomic mass is 16.5. The van der Waals surface area contributed by atoms with E-state index >= 15 is 0 Å². The van der Waals surface area contributed by atoms with Crippen LogP contribution in [0.3, 0.4) is 0 Å². The Bertz CT molecular complexity index is 504. The number of anilines is 1. The molecule has 0 atom stereocenters. The summed E-state index contributed by atoms with van der Waals surface area (Å²) in [6.45, 7) is 0. The second-order valence-corrected chi connectivity index (χ2v) is 3.43. The maximum absolute atomic E-state index is 5.33. The van der Waals surface area contributed by atoms with E-state index in [0.29, 0.717) is 0 Å². The Morgan fingerprint density at radius 3 is 2.71 bits per heavy atom. The van der Waals surface area contributed by atoms with Gasteiger partial charge in [0.2, 0.25) is 5.76 Å². The van der Waals surface area contributed by atoms with Crippen molar-refractivity contribution in [3.05, 3.63) is 48.4 Å². The van der Waals surface area contributed by atoms with Crippen LogP contribution in [0.1, 0.15) is 5.76 Å².